The van der Waals surface area contributed by atoms with Gasteiger partial charge in [-0.1, -0.05) is 17.7 Å². The molecule has 1 aromatic carbocycles. The van der Waals surface area contributed by atoms with Crippen molar-refractivity contribution in [2.45, 2.75) is 13.3 Å². The third-order valence-corrected chi connectivity index (χ3v) is 4.11. The highest BCUT2D eigenvalue weighted by Gasteiger charge is 2.23. The van der Waals surface area contributed by atoms with Crippen LogP contribution in [0.2, 0.25) is 0 Å². The molecule has 1 N–H and O–H groups in total. The maximum atomic E-state index is 12.3. The van der Waals surface area contributed by atoms with Gasteiger partial charge in [-0.25, -0.2) is 9.97 Å². The van der Waals surface area contributed by atoms with Crippen molar-refractivity contribution in [3.05, 3.63) is 48.3 Å². The molecule has 0 saturated carbocycles. The van der Waals surface area contributed by atoms with E-state index in [1.807, 2.05) is 36.1 Å². The molecule has 7 nitrogen and oxygen atoms in total. The zero-order valence-corrected chi connectivity index (χ0v) is 14.2. The first-order chi connectivity index (χ1) is 12.1. The summed E-state index contributed by atoms with van der Waals surface area (Å²) in [4.78, 5) is 36.6. The zero-order valence-electron chi connectivity index (χ0n) is 14.2. The van der Waals surface area contributed by atoms with Crippen LogP contribution in [-0.4, -0.2) is 52.9 Å². The fourth-order valence-corrected chi connectivity index (χ4v) is 2.70. The van der Waals surface area contributed by atoms with E-state index in [0.29, 0.717) is 37.8 Å². The third-order valence-electron chi connectivity index (χ3n) is 4.11. The number of hydrogen-bond acceptors (Lipinski definition) is 5. The number of anilines is 2. The first kappa shape index (κ1) is 16.9. The van der Waals surface area contributed by atoms with Crippen LogP contribution in [0.4, 0.5) is 11.6 Å². The van der Waals surface area contributed by atoms with Gasteiger partial charge >= 0.3 is 0 Å². The molecule has 1 aliphatic heterocycles. The number of aromatic nitrogens is 2. The van der Waals surface area contributed by atoms with E-state index < -0.39 is 0 Å². The number of aryl methyl sites for hydroxylation is 1. The summed E-state index contributed by atoms with van der Waals surface area (Å²) < 4.78 is 0. The summed E-state index contributed by atoms with van der Waals surface area (Å²) >= 11 is 0. The molecule has 2 aromatic rings. The number of carbonyl (C=O) groups excluding carboxylic acids is 2. The first-order valence-corrected chi connectivity index (χ1v) is 8.28. The van der Waals surface area contributed by atoms with Crippen molar-refractivity contribution in [3.8, 4) is 0 Å². The molecule has 0 bridgehead atoms. The Kier molecular flexibility index (Phi) is 5.23. The van der Waals surface area contributed by atoms with Gasteiger partial charge in [-0.2, -0.15) is 0 Å². The minimum Gasteiger partial charge on any atom is -0.339 e. The predicted octanol–water partition coefficient (Wildman–Crippen LogP) is 1.46. The maximum absolute atomic E-state index is 12.3. The third kappa shape index (κ3) is 4.53. The number of piperazine rings is 1. The number of rotatable bonds is 4. The summed E-state index contributed by atoms with van der Waals surface area (Å²) in [6.45, 7) is 4.43. The van der Waals surface area contributed by atoms with E-state index in [1.165, 1.54) is 0 Å². The van der Waals surface area contributed by atoms with Crippen molar-refractivity contribution in [2.24, 2.45) is 0 Å². The second kappa shape index (κ2) is 7.74. The Labute approximate surface area is 146 Å². The predicted molar refractivity (Wildman–Crippen MR) is 95.3 cm³/mol. The average Bonchev–Trinajstić information content (AvgIpc) is 2.64. The minimum atomic E-state index is -0.289. The monoisotopic (exact) mass is 339 g/mol. The average molecular weight is 339 g/mol. The van der Waals surface area contributed by atoms with E-state index in [2.05, 4.69) is 15.3 Å². The fourth-order valence-electron chi connectivity index (χ4n) is 2.70. The minimum absolute atomic E-state index is 0.143. The van der Waals surface area contributed by atoms with Crippen molar-refractivity contribution in [2.75, 3.05) is 36.4 Å². The highest BCUT2D eigenvalue weighted by Crippen LogP contribution is 2.12. The van der Waals surface area contributed by atoms with Gasteiger partial charge in [-0.05, 0) is 25.1 Å². The molecule has 2 heterocycles. The molecule has 25 heavy (non-hydrogen) atoms. The van der Waals surface area contributed by atoms with Crippen LogP contribution in [0, 0.1) is 6.92 Å². The Hall–Kier alpha value is -2.96. The second-order valence-corrected chi connectivity index (χ2v) is 6.01. The summed E-state index contributed by atoms with van der Waals surface area (Å²) in [6, 6.07) is 9.27. The standard InChI is InChI=1S/C18H21N5O2/c1-14-3-5-15(6-4-14)21-16(24)13-17(25)22-9-11-23(12-10-22)18-19-7-2-8-20-18/h2-8H,9-13H2,1H3,(H,21,24). The van der Waals surface area contributed by atoms with Crippen molar-refractivity contribution in [1.29, 1.82) is 0 Å². The van der Waals surface area contributed by atoms with Crippen LogP contribution in [0.25, 0.3) is 0 Å². The number of hydrogen-bond donors (Lipinski definition) is 1. The van der Waals surface area contributed by atoms with Gasteiger partial charge in [0.2, 0.25) is 17.8 Å². The highest BCUT2D eigenvalue weighted by molar-refractivity contribution is 6.03. The molecule has 1 aromatic heterocycles. The van der Waals surface area contributed by atoms with E-state index in [4.69, 9.17) is 0 Å². The summed E-state index contributed by atoms with van der Waals surface area (Å²) in [5.74, 6) is 0.229. The number of nitrogens with zero attached hydrogens (tertiary/aromatic N) is 4. The molecule has 1 fully saturated rings. The molecular weight excluding hydrogens is 318 g/mol. The van der Waals surface area contributed by atoms with Crippen LogP contribution in [0.15, 0.2) is 42.7 Å². The van der Waals surface area contributed by atoms with E-state index in [-0.39, 0.29) is 18.2 Å². The van der Waals surface area contributed by atoms with Crippen LogP contribution in [0.1, 0.15) is 12.0 Å². The van der Waals surface area contributed by atoms with Crippen molar-refractivity contribution < 1.29 is 9.59 Å². The number of nitrogens with one attached hydrogen (secondary N) is 1. The van der Waals surface area contributed by atoms with Gasteiger partial charge in [-0.15, -0.1) is 0 Å². The molecule has 0 aliphatic carbocycles. The van der Waals surface area contributed by atoms with Gasteiger partial charge < -0.3 is 15.1 Å². The Morgan fingerprint density at radius 2 is 1.68 bits per heavy atom. The van der Waals surface area contributed by atoms with Crippen LogP contribution >= 0.6 is 0 Å². The van der Waals surface area contributed by atoms with Crippen molar-refractivity contribution >= 4 is 23.5 Å². The fraction of sp³-hybridized carbons (Fsp3) is 0.333. The summed E-state index contributed by atoms with van der Waals surface area (Å²) in [7, 11) is 0. The van der Waals surface area contributed by atoms with Gasteiger partial charge in [0, 0.05) is 44.3 Å². The number of carbonyl (C=O) groups is 2. The molecule has 7 heteroatoms. The molecule has 1 aliphatic rings. The Morgan fingerprint density at radius 3 is 2.32 bits per heavy atom. The smallest absolute Gasteiger partial charge is 0.233 e. The lowest BCUT2D eigenvalue weighted by atomic mass is 10.2. The lowest BCUT2D eigenvalue weighted by Crippen LogP contribution is -2.49. The molecule has 1 saturated heterocycles. The van der Waals surface area contributed by atoms with E-state index in [9.17, 15) is 9.59 Å². The molecule has 0 unspecified atom stereocenters. The lowest BCUT2D eigenvalue weighted by molar-refractivity contribution is -0.134. The van der Waals surface area contributed by atoms with Gasteiger partial charge in [0.1, 0.15) is 6.42 Å². The number of benzene rings is 1. The molecule has 130 valence electrons. The largest absolute Gasteiger partial charge is 0.339 e. The van der Waals surface area contributed by atoms with Gasteiger partial charge in [0.25, 0.3) is 0 Å². The normalized spacial score (nSPS) is 14.3. The van der Waals surface area contributed by atoms with Crippen LogP contribution in [-0.2, 0) is 9.59 Å². The van der Waals surface area contributed by atoms with Gasteiger partial charge in [0.15, 0.2) is 0 Å². The van der Waals surface area contributed by atoms with Gasteiger partial charge in [-0.3, -0.25) is 9.59 Å². The molecular formula is C18H21N5O2. The molecule has 0 spiro atoms. The quantitative estimate of drug-likeness (QED) is 0.853. The van der Waals surface area contributed by atoms with E-state index >= 15 is 0 Å². The Morgan fingerprint density at radius 1 is 1.04 bits per heavy atom. The summed E-state index contributed by atoms with van der Waals surface area (Å²) in [5, 5.41) is 2.76. The van der Waals surface area contributed by atoms with Crippen molar-refractivity contribution in [1.82, 2.24) is 14.9 Å². The topological polar surface area (TPSA) is 78.4 Å². The lowest BCUT2D eigenvalue weighted by Gasteiger charge is -2.34. The second-order valence-electron chi connectivity index (χ2n) is 6.01. The molecule has 0 atom stereocenters. The Bertz CT molecular complexity index is 725. The SMILES string of the molecule is Cc1ccc(NC(=O)CC(=O)N2CCN(c3ncccn3)CC2)cc1. The molecule has 3 rings (SSSR count). The molecule has 2 amide bonds. The first-order valence-electron chi connectivity index (χ1n) is 8.28. The number of amides is 2. The maximum Gasteiger partial charge on any atom is 0.233 e. The highest BCUT2D eigenvalue weighted by atomic mass is 16.2. The van der Waals surface area contributed by atoms with Crippen molar-refractivity contribution in [3.63, 3.8) is 0 Å². The van der Waals surface area contributed by atoms with E-state index in [0.717, 1.165) is 5.56 Å². The van der Waals surface area contributed by atoms with Crippen LogP contribution in [0.5, 0.6) is 0 Å². The van der Waals surface area contributed by atoms with E-state index in [1.54, 1.807) is 23.4 Å². The molecule has 0 radical (unpaired) electrons. The summed E-state index contributed by atoms with van der Waals surface area (Å²) in [6.07, 6.45) is 3.26. The summed E-state index contributed by atoms with van der Waals surface area (Å²) in [5.41, 5.74) is 1.82. The van der Waals surface area contributed by atoms with Gasteiger partial charge in [0.05, 0.1) is 0 Å². The Balaban J connectivity index is 1.47. The van der Waals surface area contributed by atoms with Crippen LogP contribution < -0.4 is 10.2 Å². The van der Waals surface area contributed by atoms with Crippen LogP contribution in [0.3, 0.4) is 0 Å². The zero-order chi connectivity index (χ0) is 17.6.